The van der Waals surface area contributed by atoms with Crippen LogP contribution in [0, 0.1) is 0 Å². The van der Waals surface area contributed by atoms with Crippen molar-refractivity contribution in [3.8, 4) is 11.3 Å². The molecule has 2 aromatic rings. The third-order valence-electron chi connectivity index (χ3n) is 3.00. The molecule has 22 heavy (non-hydrogen) atoms. The lowest BCUT2D eigenvalue weighted by Crippen LogP contribution is -2.15. The molecule has 0 aliphatic carbocycles. The van der Waals surface area contributed by atoms with E-state index in [-0.39, 0.29) is 12.4 Å². The zero-order valence-corrected chi connectivity index (χ0v) is 16.4. The van der Waals surface area contributed by atoms with E-state index in [1.165, 1.54) is 0 Å². The minimum absolute atomic E-state index is 0. The van der Waals surface area contributed by atoms with E-state index in [2.05, 4.69) is 37.2 Å². The molecule has 1 aromatic heterocycles. The van der Waals surface area contributed by atoms with Crippen LogP contribution in [0.2, 0.25) is 0 Å². The molecule has 0 spiro atoms. The highest BCUT2D eigenvalue weighted by Gasteiger charge is 2.08. The minimum Gasteiger partial charge on any atom is -0.460 e. The Kier molecular flexibility index (Phi) is 9.36. The van der Waals surface area contributed by atoms with Crippen LogP contribution < -0.4 is 5.32 Å². The normalized spacial score (nSPS) is 10.5. The van der Waals surface area contributed by atoms with Gasteiger partial charge in [-0.3, -0.25) is 0 Å². The minimum atomic E-state index is 0. The van der Waals surface area contributed by atoms with E-state index < -0.39 is 0 Å². The Bertz CT molecular complexity index is 575. The first-order valence-electron chi connectivity index (χ1n) is 7.03. The predicted octanol–water partition coefficient (Wildman–Crippen LogP) is 5.41. The van der Waals surface area contributed by atoms with Crippen LogP contribution >= 0.6 is 44.3 Å². The fourth-order valence-corrected chi connectivity index (χ4v) is 3.20. The van der Waals surface area contributed by atoms with Crippen molar-refractivity contribution in [1.29, 1.82) is 0 Å². The van der Waals surface area contributed by atoms with Crippen LogP contribution in [0.3, 0.4) is 0 Å². The first kappa shape index (κ1) is 19.7. The lowest BCUT2D eigenvalue weighted by Gasteiger charge is -2.04. The Balaban J connectivity index is 0.00000242. The second kappa shape index (κ2) is 10.4. The van der Waals surface area contributed by atoms with E-state index in [9.17, 15) is 0 Å². The van der Waals surface area contributed by atoms with Gasteiger partial charge in [0.1, 0.15) is 11.5 Å². The number of furan rings is 1. The average molecular weight is 454 g/mol. The van der Waals surface area contributed by atoms with Crippen LogP contribution in [0.5, 0.6) is 0 Å². The zero-order valence-electron chi connectivity index (χ0n) is 12.4. The number of hydrogen-bond acceptors (Lipinski definition) is 3. The Labute approximate surface area is 154 Å². The van der Waals surface area contributed by atoms with Crippen molar-refractivity contribution in [2.45, 2.75) is 19.9 Å². The van der Waals surface area contributed by atoms with E-state index in [4.69, 9.17) is 9.15 Å². The molecule has 0 saturated heterocycles. The van der Waals surface area contributed by atoms with Crippen LogP contribution in [0.25, 0.3) is 11.3 Å². The van der Waals surface area contributed by atoms with Gasteiger partial charge in [-0.05, 0) is 66.2 Å². The van der Waals surface area contributed by atoms with Crippen molar-refractivity contribution in [2.75, 3.05) is 19.8 Å². The summed E-state index contributed by atoms with van der Waals surface area (Å²) in [5.74, 6) is 1.82. The van der Waals surface area contributed by atoms with E-state index in [1.807, 2.05) is 37.3 Å². The summed E-state index contributed by atoms with van der Waals surface area (Å²) >= 11 is 7.01. The fourth-order valence-electron chi connectivity index (χ4n) is 1.96. The van der Waals surface area contributed by atoms with Gasteiger partial charge in [0.15, 0.2) is 0 Å². The topological polar surface area (TPSA) is 34.4 Å². The molecular weight excluding hydrogens is 433 g/mol. The average Bonchev–Trinajstić information content (AvgIpc) is 2.91. The van der Waals surface area contributed by atoms with Crippen molar-refractivity contribution >= 4 is 44.3 Å². The second-order valence-electron chi connectivity index (χ2n) is 4.62. The molecule has 0 fully saturated rings. The van der Waals surface area contributed by atoms with Crippen LogP contribution in [0.1, 0.15) is 19.1 Å². The van der Waals surface area contributed by atoms with E-state index in [0.717, 1.165) is 58.8 Å². The summed E-state index contributed by atoms with van der Waals surface area (Å²) in [5, 5.41) is 3.36. The molecule has 0 bridgehead atoms. The second-order valence-corrected chi connectivity index (χ2v) is 6.39. The van der Waals surface area contributed by atoms with Gasteiger partial charge in [-0.15, -0.1) is 12.4 Å². The van der Waals surface area contributed by atoms with Gasteiger partial charge in [0.25, 0.3) is 0 Å². The van der Waals surface area contributed by atoms with Crippen LogP contribution in [-0.4, -0.2) is 19.8 Å². The van der Waals surface area contributed by atoms with Crippen molar-refractivity contribution in [3.63, 3.8) is 0 Å². The number of halogens is 3. The van der Waals surface area contributed by atoms with Gasteiger partial charge in [-0.25, -0.2) is 0 Å². The van der Waals surface area contributed by atoms with Crippen molar-refractivity contribution in [3.05, 3.63) is 45.0 Å². The summed E-state index contributed by atoms with van der Waals surface area (Å²) in [6.45, 7) is 5.26. The van der Waals surface area contributed by atoms with Crippen LogP contribution in [0.4, 0.5) is 0 Å². The molecule has 1 N–H and O–H groups in total. The zero-order chi connectivity index (χ0) is 15.1. The third-order valence-corrected chi connectivity index (χ3v) is 4.15. The monoisotopic (exact) mass is 451 g/mol. The Hall–Kier alpha value is -0.330. The van der Waals surface area contributed by atoms with E-state index in [1.54, 1.807) is 0 Å². The molecule has 1 heterocycles. The summed E-state index contributed by atoms with van der Waals surface area (Å²) in [7, 11) is 0. The number of nitrogens with one attached hydrogen (secondary N) is 1. The summed E-state index contributed by atoms with van der Waals surface area (Å²) < 4.78 is 13.2. The summed E-state index contributed by atoms with van der Waals surface area (Å²) in [6.07, 6.45) is 1.01. The number of ether oxygens (including phenoxy) is 1. The van der Waals surface area contributed by atoms with Gasteiger partial charge in [0.2, 0.25) is 0 Å². The standard InChI is InChI=1S/C16H19Br2NO2.ClH/c1-2-20-9-3-8-19-11-13-5-7-16(21-13)14-6-4-12(17)10-15(14)18;/h4-7,10,19H,2-3,8-9,11H2,1H3;1H. The molecule has 6 heteroatoms. The van der Waals surface area contributed by atoms with Crippen molar-refractivity contribution in [1.82, 2.24) is 5.32 Å². The largest absolute Gasteiger partial charge is 0.460 e. The van der Waals surface area contributed by atoms with Gasteiger partial charge in [-0.1, -0.05) is 15.9 Å². The Morgan fingerprint density at radius 1 is 1.18 bits per heavy atom. The molecule has 0 unspecified atom stereocenters. The summed E-state index contributed by atoms with van der Waals surface area (Å²) in [6, 6.07) is 10.1. The Morgan fingerprint density at radius 2 is 2.00 bits per heavy atom. The van der Waals surface area contributed by atoms with Gasteiger partial charge in [0.05, 0.1) is 6.54 Å². The highest BCUT2D eigenvalue weighted by molar-refractivity contribution is 9.11. The maximum Gasteiger partial charge on any atom is 0.135 e. The number of rotatable bonds is 8. The van der Waals surface area contributed by atoms with E-state index >= 15 is 0 Å². The lowest BCUT2D eigenvalue weighted by atomic mass is 10.2. The number of hydrogen-bond donors (Lipinski definition) is 1. The molecule has 0 atom stereocenters. The molecule has 3 nitrogen and oxygen atoms in total. The highest BCUT2D eigenvalue weighted by atomic mass is 79.9. The molecule has 122 valence electrons. The molecular formula is C16H20Br2ClNO2. The van der Waals surface area contributed by atoms with Crippen molar-refractivity contribution in [2.24, 2.45) is 0 Å². The smallest absolute Gasteiger partial charge is 0.135 e. The number of benzene rings is 1. The molecule has 0 saturated carbocycles. The summed E-state index contributed by atoms with van der Waals surface area (Å²) in [4.78, 5) is 0. The van der Waals surface area contributed by atoms with Crippen molar-refractivity contribution < 1.29 is 9.15 Å². The lowest BCUT2D eigenvalue weighted by molar-refractivity contribution is 0.144. The maximum absolute atomic E-state index is 5.88. The Morgan fingerprint density at radius 3 is 2.73 bits per heavy atom. The van der Waals surface area contributed by atoms with Gasteiger partial charge < -0.3 is 14.5 Å². The quantitative estimate of drug-likeness (QED) is 0.543. The third kappa shape index (κ3) is 6.05. The fraction of sp³-hybridized carbons (Fsp3) is 0.375. The first-order chi connectivity index (χ1) is 10.2. The van der Waals surface area contributed by atoms with Crippen LogP contribution in [-0.2, 0) is 11.3 Å². The molecule has 0 aliphatic heterocycles. The SMILES string of the molecule is CCOCCCNCc1ccc(-c2ccc(Br)cc2Br)o1.Cl. The van der Waals surface area contributed by atoms with Crippen LogP contribution in [0.15, 0.2) is 43.7 Å². The molecule has 1 aromatic carbocycles. The molecule has 0 radical (unpaired) electrons. The molecule has 0 amide bonds. The predicted molar refractivity (Wildman–Crippen MR) is 99.6 cm³/mol. The first-order valence-corrected chi connectivity index (χ1v) is 8.62. The maximum atomic E-state index is 5.88. The van der Waals surface area contributed by atoms with Gasteiger partial charge in [-0.2, -0.15) is 0 Å². The molecule has 2 rings (SSSR count). The highest BCUT2D eigenvalue weighted by Crippen LogP contribution is 2.31. The van der Waals surface area contributed by atoms with Gasteiger partial charge in [0, 0.05) is 27.7 Å². The molecule has 0 aliphatic rings. The van der Waals surface area contributed by atoms with Gasteiger partial charge >= 0.3 is 0 Å². The van der Waals surface area contributed by atoms with E-state index in [0.29, 0.717) is 0 Å². The summed E-state index contributed by atoms with van der Waals surface area (Å²) in [5.41, 5.74) is 1.06.